The van der Waals surface area contributed by atoms with Gasteiger partial charge >= 0.3 is 0 Å². The van der Waals surface area contributed by atoms with Gasteiger partial charge in [0, 0.05) is 0 Å². The summed E-state index contributed by atoms with van der Waals surface area (Å²) in [5.74, 6) is 1.95. The van der Waals surface area contributed by atoms with Crippen LogP contribution in [0.15, 0.2) is 47.6 Å². The minimum atomic E-state index is -0.580. The number of rotatable bonds is 6. The molecular formula is C28H44O2. The molecule has 30 heavy (non-hydrogen) atoms. The molecule has 168 valence electrons. The monoisotopic (exact) mass is 412 g/mol. The zero-order valence-corrected chi connectivity index (χ0v) is 19.8. The molecular weight excluding hydrogens is 368 g/mol. The van der Waals surface area contributed by atoms with Crippen molar-refractivity contribution in [2.45, 2.75) is 104 Å². The molecule has 0 aromatic carbocycles. The standard InChI is InChI=1S/C28H44O2/c1-6-27(4,30)17-7-9-21(3)25-15-16-26-22(10-8-18-28(25,26)5)12-13-23-19-24(29)14-11-20(23)2/h7,9,12-13,21,24-26,29-30H,2,6,8,10-11,14-19H2,1,3-5H3/b9-7+,22-12+,23-13+/t21-,24+,25-,26+,27+,28-/m1/s1. The van der Waals surface area contributed by atoms with Gasteiger partial charge in [0.25, 0.3) is 0 Å². The summed E-state index contributed by atoms with van der Waals surface area (Å²) in [6.45, 7) is 13.1. The van der Waals surface area contributed by atoms with Gasteiger partial charge in [-0.25, -0.2) is 0 Å². The first-order valence-electron chi connectivity index (χ1n) is 12.3. The minimum Gasteiger partial charge on any atom is -0.393 e. The van der Waals surface area contributed by atoms with Crippen molar-refractivity contribution in [1.82, 2.24) is 0 Å². The van der Waals surface area contributed by atoms with E-state index in [9.17, 15) is 10.2 Å². The summed E-state index contributed by atoms with van der Waals surface area (Å²) in [6.07, 6.45) is 19.6. The average molecular weight is 413 g/mol. The largest absolute Gasteiger partial charge is 0.393 e. The van der Waals surface area contributed by atoms with Crippen LogP contribution in [-0.4, -0.2) is 21.9 Å². The number of allylic oxidation sites excluding steroid dienone is 5. The van der Waals surface area contributed by atoms with Gasteiger partial charge in [0.2, 0.25) is 0 Å². The van der Waals surface area contributed by atoms with Crippen LogP contribution in [0.1, 0.15) is 91.9 Å². The first kappa shape index (κ1) is 23.5. The van der Waals surface area contributed by atoms with Gasteiger partial charge < -0.3 is 10.2 Å². The van der Waals surface area contributed by atoms with E-state index in [1.54, 1.807) is 5.57 Å². The molecule has 0 saturated heterocycles. The maximum absolute atomic E-state index is 10.3. The van der Waals surface area contributed by atoms with Crippen LogP contribution in [-0.2, 0) is 0 Å². The van der Waals surface area contributed by atoms with Gasteiger partial charge in [-0.3, -0.25) is 0 Å². The van der Waals surface area contributed by atoms with Gasteiger partial charge in [-0.05, 0) is 99.9 Å². The average Bonchev–Trinajstić information content (AvgIpc) is 3.06. The lowest BCUT2D eigenvalue weighted by Gasteiger charge is -2.44. The van der Waals surface area contributed by atoms with E-state index in [1.807, 2.05) is 6.92 Å². The summed E-state index contributed by atoms with van der Waals surface area (Å²) in [6, 6.07) is 0. The predicted octanol–water partition coefficient (Wildman–Crippen LogP) is 6.90. The second-order valence-electron chi connectivity index (χ2n) is 10.9. The molecule has 0 spiro atoms. The van der Waals surface area contributed by atoms with E-state index in [0.29, 0.717) is 23.2 Å². The quantitative estimate of drug-likeness (QED) is 0.466. The SMILES string of the molecule is C=C1CC[C@H](O)C/C1=C\C=C1/CCC[C@]2(C)[C@@H]([C@H](C)/C=C/C[C@@](C)(O)CC)CC[C@@H]12. The van der Waals surface area contributed by atoms with Gasteiger partial charge in [0.05, 0.1) is 11.7 Å². The summed E-state index contributed by atoms with van der Waals surface area (Å²) < 4.78 is 0. The highest BCUT2D eigenvalue weighted by molar-refractivity contribution is 5.36. The third kappa shape index (κ3) is 5.19. The number of fused-ring (bicyclic) bond motifs is 1. The molecule has 0 aromatic heterocycles. The van der Waals surface area contributed by atoms with E-state index in [1.165, 1.54) is 43.3 Å². The maximum atomic E-state index is 10.3. The molecule has 2 heteroatoms. The van der Waals surface area contributed by atoms with E-state index in [4.69, 9.17) is 0 Å². The Bertz CT molecular complexity index is 710. The molecule has 0 aliphatic heterocycles. The smallest absolute Gasteiger partial charge is 0.0651 e. The van der Waals surface area contributed by atoms with Gasteiger partial charge in [-0.15, -0.1) is 0 Å². The fourth-order valence-corrected chi connectivity index (χ4v) is 6.35. The molecule has 0 unspecified atom stereocenters. The Morgan fingerprint density at radius 2 is 2.00 bits per heavy atom. The van der Waals surface area contributed by atoms with Crippen LogP contribution in [0.25, 0.3) is 0 Å². The second-order valence-corrected chi connectivity index (χ2v) is 10.9. The maximum Gasteiger partial charge on any atom is 0.0651 e. The predicted molar refractivity (Wildman–Crippen MR) is 127 cm³/mol. The molecule has 0 heterocycles. The minimum absolute atomic E-state index is 0.200. The lowest BCUT2D eigenvalue weighted by atomic mass is 9.61. The molecule has 0 radical (unpaired) electrons. The Kier molecular flexibility index (Phi) is 7.51. The molecule has 3 aliphatic rings. The molecule has 0 aromatic rings. The van der Waals surface area contributed by atoms with Crippen LogP contribution in [0.4, 0.5) is 0 Å². The Labute approximate surface area is 184 Å². The number of hydrogen-bond donors (Lipinski definition) is 2. The molecule has 3 fully saturated rings. The third-order valence-corrected chi connectivity index (χ3v) is 8.62. The van der Waals surface area contributed by atoms with Gasteiger partial charge in [0.1, 0.15) is 0 Å². The van der Waals surface area contributed by atoms with Crippen molar-refractivity contribution in [3.05, 3.63) is 47.6 Å². The van der Waals surface area contributed by atoms with Crippen molar-refractivity contribution >= 4 is 0 Å². The first-order chi connectivity index (χ1) is 14.2. The van der Waals surface area contributed by atoms with Crippen molar-refractivity contribution in [3.8, 4) is 0 Å². The summed E-state index contributed by atoms with van der Waals surface area (Å²) in [4.78, 5) is 0. The van der Waals surface area contributed by atoms with Crippen molar-refractivity contribution in [2.75, 3.05) is 0 Å². The lowest BCUT2D eigenvalue weighted by molar-refractivity contribution is 0.0589. The molecule has 6 atom stereocenters. The molecule has 2 N–H and O–H groups in total. The Hall–Kier alpha value is -1.12. The van der Waals surface area contributed by atoms with Crippen LogP contribution in [0.2, 0.25) is 0 Å². The normalized spacial score (nSPS) is 38.2. The van der Waals surface area contributed by atoms with E-state index in [0.717, 1.165) is 32.1 Å². The molecule has 3 aliphatic carbocycles. The van der Waals surface area contributed by atoms with Crippen molar-refractivity contribution < 1.29 is 10.2 Å². The number of aliphatic hydroxyl groups excluding tert-OH is 1. The topological polar surface area (TPSA) is 40.5 Å². The molecule has 2 nitrogen and oxygen atoms in total. The summed E-state index contributed by atoms with van der Waals surface area (Å²) in [5, 5.41) is 20.3. The van der Waals surface area contributed by atoms with Gasteiger partial charge in [-0.2, -0.15) is 0 Å². The number of hydrogen-bond acceptors (Lipinski definition) is 2. The summed E-state index contributed by atoms with van der Waals surface area (Å²) in [5.41, 5.74) is 3.88. The summed E-state index contributed by atoms with van der Waals surface area (Å²) in [7, 11) is 0. The fraction of sp³-hybridized carbons (Fsp3) is 0.714. The van der Waals surface area contributed by atoms with Gasteiger partial charge in [-0.1, -0.05) is 62.8 Å². The molecule has 3 rings (SSSR count). The van der Waals surface area contributed by atoms with E-state index >= 15 is 0 Å². The van der Waals surface area contributed by atoms with Crippen LogP contribution in [0.3, 0.4) is 0 Å². The van der Waals surface area contributed by atoms with Crippen molar-refractivity contribution in [1.29, 1.82) is 0 Å². The van der Waals surface area contributed by atoms with E-state index in [2.05, 4.69) is 51.7 Å². The highest BCUT2D eigenvalue weighted by Gasteiger charge is 2.50. The van der Waals surface area contributed by atoms with Crippen molar-refractivity contribution in [2.24, 2.45) is 23.2 Å². The third-order valence-electron chi connectivity index (χ3n) is 8.62. The van der Waals surface area contributed by atoms with Crippen LogP contribution in [0.5, 0.6) is 0 Å². The van der Waals surface area contributed by atoms with Crippen molar-refractivity contribution in [3.63, 3.8) is 0 Å². The molecule has 0 amide bonds. The Balaban J connectivity index is 1.72. The zero-order chi connectivity index (χ0) is 21.9. The fourth-order valence-electron chi connectivity index (χ4n) is 6.35. The van der Waals surface area contributed by atoms with Crippen LogP contribution in [0, 0.1) is 23.2 Å². The van der Waals surface area contributed by atoms with Crippen LogP contribution < -0.4 is 0 Å². The molecule has 3 saturated carbocycles. The van der Waals surface area contributed by atoms with E-state index < -0.39 is 5.60 Å². The summed E-state index contributed by atoms with van der Waals surface area (Å²) >= 11 is 0. The Morgan fingerprint density at radius 1 is 1.23 bits per heavy atom. The first-order valence-corrected chi connectivity index (χ1v) is 12.3. The van der Waals surface area contributed by atoms with Crippen LogP contribution >= 0.6 is 0 Å². The molecule has 0 bridgehead atoms. The second kappa shape index (κ2) is 9.57. The highest BCUT2D eigenvalue weighted by atomic mass is 16.3. The van der Waals surface area contributed by atoms with Gasteiger partial charge in [0.15, 0.2) is 0 Å². The Morgan fingerprint density at radius 3 is 2.73 bits per heavy atom. The lowest BCUT2D eigenvalue weighted by Crippen LogP contribution is -2.35. The highest BCUT2D eigenvalue weighted by Crippen LogP contribution is 2.59. The van der Waals surface area contributed by atoms with E-state index in [-0.39, 0.29) is 6.10 Å². The zero-order valence-electron chi connectivity index (χ0n) is 19.8. The number of aliphatic hydroxyl groups is 2.